The number of rotatable bonds is 8. The molecule has 1 atom stereocenters. The van der Waals surface area contributed by atoms with Gasteiger partial charge in [-0.3, -0.25) is 18.6 Å². The minimum absolute atomic E-state index is 0.0861. The van der Waals surface area contributed by atoms with Crippen LogP contribution in [0.25, 0.3) is 16.7 Å². The fraction of sp³-hybridized carbons (Fsp3) is 0.292. The van der Waals surface area contributed by atoms with Gasteiger partial charge in [0.25, 0.3) is 5.56 Å². The second-order valence-electron chi connectivity index (χ2n) is 7.71. The molecule has 0 aliphatic heterocycles. The van der Waals surface area contributed by atoms with Gasteiger partial charge in [-0.2, -0.15) is 5.26 Å². The molecule has 1 amide bonds. The molecular weight excluding hydrogens is 436 g/mol. The highest BCUT2D eigenvalue weighted by Crippen LogP contribution is 2.26. The topological polar surface area (TPSA) is 105 Å². The van der Waals surface area contributed by atoms with Gasteiger partial charge >= 0.3 is 0 Å². The lowest BCUT2D eigenvalue weighted by atomic mass is 10.2. The van der Waals surface area contributed by atoms with E-state index in [9.17, 15) is 14.9 Å². The van der Waals surface area contributed by atoms with E-state index in [2.05, 4.69) is 28.5 Å². The van der Waals surface area contributed by atoms with Crippen LogP contribution in [0.2, 0.25) is 0 Å². The highest BCUT2D eigenvalue weighted by Gasteiger charge is 2.22. The molecule has 168 valence electrons. The van der Waals surface area contributed by atoms with Crippen molar-refractivity contribution in [2.45, 2.75) is 50.1 Å². The fourth-order valence-electron chi connectivity index (χ4n) is 3.67. The maximum atomic E-state index is 13.1. The number of nitriles is 1. The third-order valence-electron chi connectivity index (χ3n) is 5.42. The SMILES string of the molecule is CCCCCn1c(=O)c2ccccc2n2c(SC(C)C(=O)Nc3ccccc3C#N)nnc12. The number of hydrogen-bond donors (Lipinski definition) is 1. The number of aryl methyl sites for hydroxylation is 1. The third-order valence-corrected chi connectivity index (χ3v) is 6.46. The lowest BCUT2D eigenvalue weighted by molar-refractivity contribution is -0.115. The van der Waals surface area contributed by atoms with Gasteiger partial charge in [0.1, 0.15) is 6.07 Å². The average Bonchev–Trinajstić information content (AvgIpc) is 3.25. The zero-order valence-corrected chi connectivity index (χ0v) is 19.3. The van der Waals surface area contributed by atoms with Gasteiger partial charge in [-0.15, -0.1) is 10.2 Å². The molecule has 2 aromatic carbocycles. The minimum Gasteiger partial charge on any atom is -0.324 e. The summed E-state index contributed by atoms with van der Waals surface area (Å²) in [7, 11) is 0. The molecule has 33 heavy (non-hydrogen) atoms. The van der Waals surface area contributed by atoms with E-state index >= 15 is 0 Å². The molecule has 0 radical (unpaired) electrons. The zero-order valence-electron chi connectivity index (χ0n) is 18.5. The summed E-state index contributed by atoms with van der Waals surface area (Å²) in [6.45, 7) is 4.45. The number of anilines is 1. The van der Waals surface area contributed by atoms with Crippen molar-refractivity contribution in [1.29, 1.82) is 5.26 Å². The van der Waals surface area contributed by atoms with Gasteiger partial charge in [0.15, 0.2) is 5.16 Å². The minimum atomic E-state index is -0.511. The number of carbonyl (C=O) groups excluding carboxylic acids is 1. The predicted octanol–water partition coefficient (Wildman–Crippen LogP) is 4.23. The highest BCUT2D eigenvalue weighted by molar-refractivity contribution is 8.00. The summed E-state index contributed by atoms with van der Waals surface area (Å²) in [5, 5.41) is 21.3. The molecule has 4 aromatic rings. The number of unbranched alkanes of at least 4 members (excludes halogenated alkanes) is 2. The van der Waals surface area contributed by atoms with E-state index in [1.807, 2.05) is 22.6 Å². The Bertz CT molecular complexity index is 1420. The Hall–Kier alpha value is -3.64. The van der Waals surface area contributed by atoms with E-state index in [0.717, 1.165) is 19.3 Å². The Balaban J connectivity index is 1.69. The van der Waals surface area contributed by atoms with Gasteiger partial charge in [-0.25, -0.2) is 0 Å². The van der Waals surface area contributed by atoms with Crippen LogP contribution in [0.1, 0.15) is 38.7 Å². The first-order chi connectivity index (χ1) is 16.0. The molecule has 1 unspecified atom stereocenters. The lowest BCUT2D eigenvalue weighted by Crippen LogP contribution is -2.24. The average molecular weight is 461 g/mol. The van der Waals surface area contributed by atoms with Gasteiger partial charge in [-0.05, 0) is 37.6 Å². The normalized spacial score (nSPS) is 12.0. The number of hydrogen-bond acceptors (Lipinski definition) is 6. The number of nitrogens with zero attached hydrogens (tertiary/aromatic N) is 5. The van der Waals surface area contributed by atoms with Crippen LogP contribution in [-0.4, -0.2) is 30.3 Å². The van der Waals surface area contributed by atoms with Gasteiger partial charge < -0.3 is 5.32 Å². The maximum Gasteiger partial charge on any atom is 0.262 e. The van der Waals surface area contributed by atoms with E-state index in [0.29, 0.717) is 39.6 Å². The summed E-state index contributed by atoms with van der Waals surface area (Å²) >= 11 is 1.26. The van der Waals surface area contributed by atoms with Crippen molar-refractivity contribution in [2.75, 3.05) is 5.32 Å². The summed E-state index contributed by atoms with van der Waals surface area (Å²) in [6.07, 6.45) is 2.94. The molecule has 0 fully saturated rings. The number of carbonyl (C=O) groups is 1. The molecule has 1 N–H and O–H groups in total. The van der Waals surface area contributed by atoms with Crippen LogP contribution >= 0.6 is 11.8 Å². The molecule has 9 heteroatoms. The molecule has 2 heterocycles. The number of thioether (sulfide) groups is 1. The first kappa shape index (κ1) is 22.6. The van der Waals surface area contributed by atoms with Gasteiger partial charge in [0.2, 0.25) is 11.7 Å². The highest BCUT2D eigenvalue weighted by atomic mass is 32.2. The molecule has 0 aliphatic carbocycles. The first-order valence-corrected chi connectivity index (χ1v) is 11.8. The molecule has 0 bridgehead atoms. The van der Waals surface area contributed by atoms with Crippen LogP contribution in [-0.2, 0) is 11.3 Å². The summed E-state index contributed by atoms with van der Waals surface area (Å²) in [4.78, 5) is 26.0. The first-order valence-electron chi connectivity index (χ1n) is 10.9. The predicted molar refractivity (Wildman–Crippen MR) is 129 cm³/mol. The van der Waals surface area contributed by atoms with Crippen molar-refractivity contribution >= 4 is 40.0 Å². The van der Waals surface area contributed by atoms with Crippen molar-refractivity contribution in [2.24, 2.45) is 0 Å². The Morgan fingerprint density at radius 2 is 1.91 bits per heavy atom. The van der Waals surface area contributed by atoms with Gasteiger partial charge in [0, 0.05) is 6.54 Å². The van der Waals surface area contributed by atoms with E-state index in [1.165, 1.54) is 11.8 Å². The number of benzene rings is 2. The maximum absolute atomic E-state index is 13.1. The summed E-state index contributed by atoms with van der Waals surface area (Å²) < 4.78 is 3.52. The number of nitrogens with one attached hydrogen (secondary N) is 1. The summed E-state index contributed by atoms with van der Waals surface area (Å²) in [6, 6.07) is 16.3. The van der Waals surface area contributed by atoms with Crippen LogP contribution in [0.5, 0.6) is 0 Å². The molecule has 0 aliphatic rings. The Kier molecular flexibility index (Phi) is 6.75. The number of para-hydroxylation sites is 2. The van der Waals surface area contributed by atoms with Crippen LogP contribution in [0, 0.1) is 11.3 Å². The molecule has 4 rings (SSSR count). The summed E-state index contributed by atoms with van der Waals surface area (Å²) in [5.41, 5.74) is 1.49. The number of fused-ring (bicyclic) bond motifs is 3. The molecule has 0 saturated carbocycles. The molecule has 0 saturated heterocycles. The second-order valence-corrected chi connectivity index (χ2v) is 9.01. The molecular formula is C24H24N6O2S. The van der Waals surface area contributed by atoms with Gasteiger partial charge in [-0.1, -0.05) is 55.8 Å². The molecule has 8 nitrogen and oxygen atoms in total. The van der Waals surface area contributed by atoms with Crippen LogP contribution < -0.4 is 10.9 Å². The van der Waals surface area contributed by atoms with Crippen molar-refractivity contribution in [3.63, 3.8) is 0 Å². The Morgan fingerprint density at radius 3 is 2.70 bits per heavy atom. The van der Waals surface area contributed by atoms with E-state index in [4.69, 9.17) is 0 Å². The smallest absolute Gasteiger partial charge is 0.262 e. The molecule has 0 spiro atoms. The Morgan fingerprint density at radius 1 is 1.15 bits per heavy atom. The van der Waals surface area contributed by atoms with Crippen molar-refractivity contribution in [3.05, 3.63) is 64.4 Å². The fourth-order valence-corrected chi connectivity index (χ4v) is 4.52. The zero-order chi connectivity index (χ0) is 23.4. The quantitative estimate of drug-likeness (QED) is 0.312. The van der Waals surface area contributed by atoms with Crippen LogP contribution in [0.4, 0.5) is 5.69 Å². The molecule has 2 aromatic heterocycles. The summed E-state index contributed by atoms with van der Waals surface area (Å²) in [5.74, 6) is 0.222. The number of amides is 1. The second kappa shape index (κ2) is 9.88. The third kappa shape index (κ3) is 4.47. The van der Waals surface area contributed by atoms with E-state index in [-0.39, 0.29) is 11.5 Å². The van der Waals surface area contributed by atoms with Crippen molar-refractivity contribution < 1.29 is 4.79 Å². The number of aromatic nitrogens is 4. The van der Waals surface area contributed by atoms with Crippen molar-refractivity contribution in [3.8, 4) is 6.07 Å². The van der Waals surface area contributed by atoms with Crippen LogP contribution in [0.15, 0.2) is 58.5 Å². The monoisotopic (exact) mass is 460 g/mol. The van der Waals surface area contributed by atoms with Crippen molar-refractivity contribution in [1.82, 2.24) is 19.2 Å². The van der Waals surface area contributed by atoms with Crippen LogP contribution in [0.3, 0.4) is 0 Å². The van der Waals surface area contributed by atoms with Gasteiger partial charge in [0.05, 0.1) is 27.4 Å². The standard InChI is InChI=1S/C24H24N6O2S/c1-3-4-9-14-29-22(32)18-11-6-8-13-20(18)30-23(29)27-28-24(30)33-16(2)21(31)26-19-12-7-5-10-17(19)15-25/h5-8,10-13,16H,3-4,9,14H2,1-2H3,(H,26,31). The largest absolute Gasteiger partial charge is 0.324 e. The lowest BCUT2D eigenvalue weighted by Gasteiger charge is -2.13. The Labute approximate surface area is 195 Å². The van der Waals surface area contributed by atoms with E-state index < -0.39 is 5.25 Å². The van der Waals surface area contributed by atoms with E-state index in [1.54, 1.807) is 41.8 Å².